The van der Waals surface area contributed by atoms with Crippen molar-refractivity contribution in [3.63, 3.8) is 0 Å². The molecule has 2 rings (SSSR count). The zero-order valence-electron chi connectivity index (χ0n) is 17.8. The summed E-state index contributed by atoms with van der Waals surface area (Å²) >= 11 is 12.2. The average molecular weight is 504 g/mol. The van der Waals surface area contributed by atoms with E-state index in [-0.39, 0.29) is 28.7 Å². The van der Waals surface area contributed by atoms with Gasteiger partial charge in [-0.15, -0.1) is 0 Å². The lowest BCUT2D eigenvalue weighted by molar-refractivity contribution is -0.140. The first-order valence-corrected chi connectivity index (χ1v) is 12.3. The highest BCUT2D eigenvalue weighted by molar-refractivity contribution is 7.92. The molecule has 1 atom stereocenters. The second-order valence-electron chi connectivity index (χ2n) is 7.05. The molecule has 0 aliphatic heterocycles. The number of amides is 2. The molecule has 0 aromatic heterocycles. The third-order valence-electron chi connectivity index (χ3n) is 4.75. The number of carbonyl (C=O) groups excluding carboxylic acids is 2. The molecule has 174 valence electrons. The Morgan fingerprint density at radius 3 is 2.28 bits per heavy atom. The van der Waals surface area contributed by atoms with Gasteiger partial charge < -0.3 is 10.2 Å². The van der Waals surface area contributed by atoms with Gasteiger partial charge in [0, 0.05) is 18.6 Å². The fraction of sp³-hybridized carbons (Fsp3) is 0.333. The molecule has 7 nitrogen and oxygen atoms in total. The van der Waals surface area contributed by atoms with Crippen LogP contribution in [0.4, 0.5) is 10.1 Å². The molecule has 11 heteroatoms. The van der Waals surface area contributed by atoms with E-state index < -0.39 is 40.2 Å². The van der Waals surface area contributed by atoms with Crippen molar-refractivity contribution in [2.24, 2.45) is 0 Å². The summed E-state index contributed by atoms with van der Waals surface area (Å²) in [5.41, 5.74) is 0.624. The Hall–Kier alpha value is -2.36. The van der Waals surface area contributed by atoms with Crippen molar-refractivity contribution in [3.05, 3.63) is 63.9 Å². The predicted molar refractivity (Wildman–Crippen MR) is 124 cm³/mol. The lowest BCUT2D eigenvalue weighted by Crippen LogP contribution is -2.51. The van der Waals surface area contributed by atoms with Crippen molar-refractivity contribution in [2.45, 2.75) is 25.9 Å². The third kappa shape index (κ3) is 6.57. The van der Waals surface area contributed by atoms with Crippen molar-refractivity contribution in [1.82, 2.24) is 10.2 Å². The number of nitrogens with zero attached hydrogens (tertiary/aromatic N) is 2. The number of anilines is 1. The molecule has 0 unspecified atom stereocenters. The van der Waals surface area contributed by atoms with Crippen molar-refractivity contribution in [2.75, 3.05) is 24.2 Å². The fourth-order valence-corrected chi connectivity index (χ4v) is 4.43. The van der Waals surface area contributed by atoms with Crippen LogP contribution < -0.4 is 9.62 Å². The van der Waals surface area contributed by atoms with Crippen LogP contribution in [0, 0.1) is 5.82 Å². The Bertz CT molecular complexity index is 1080. The first-order chi connectivity index (χ1) is 15.0. The van der Waals surface area contributed by atoms with Crippen LogP contribution in [0.3, 0.4) is 0 Å². The summed E-state index contributed by atoms with van der Waals surface area (Å²) in [6.07, 6.45) is 1.22. The maximum atomic E-state index is 13.4. The van der Waals surface area contributed by atoms with E-state index in [1.807, 2.05) is 0 Å². The number of hydrogen-bond donors (Lipinski definition) is 1. The smallest absolute Gasteiger partial charge is 0.244 e. The molecule has 0 saturated heterocycles. The molecule has 0 aliphatic rings. The number of nitrogens with one attached hydrogen (secondary N) is 1. The van der Waals surface area contributed by atoms with Gasteiger partial charge in [-0.1, -0.05) is 42.3 Å². The maximum absolute atomic E-state index is 13.4. The standard InChI is InChI=1S/C21H24Cl2FN3O4S/c1-4-18(21(29)25-2)26(12-14-5-8-16(24)9-6-14)20(28)13-27(32(3,30)31)19-11-15(22)7-10-17(19)23/h5-11,18H,4,12-13H2,1-3H3,(H,25,29)/t18-/m1/s1. The molecule has 2 aromatic rings. The molecular formula is C21H24Cl2FN3O4S. The Morgan fingerprint density at radius 2 is 1.75 bits per heavy atom. The Labute approximate surface area is 197 Å². The Morgan fingerprint density at radius 1 is 1.12 bits per heavy atom. The summed E-state index contributed by atoms with van der Waals surface area (Å²) in [6.45, 7) is 1.10. The van der Waals surface area contributed by atoms with Gasteiger partial charge in [0.25, 0.3) is 0 Å². The second kappa shape index (κ2) is 11.0. The van der Waals surface area contributed by atoms with Crippen LogP contribution in [0.25, 0.3) is 0 Å². The fourth-order valence-electron chi connectivity index (χ4n) is 3.14. The topological polar surface area (TPSA) is 86.8 Å². The second-order valence-corrected chi connectivity index (χ2v) is 9.80. The molecule has 0 spiro atoms. The van der Waals surface area contributed by atoms with Crippen LogP contribution in [0.2, 0.25) is 10.0 Å². The summed E-state index contributed by atoms with van der Waals surface area (Å²) in [5.74, 6) is -1.48. The molecule has 32 heavy (non-hydrogen) atoms. The molecule has 0 saturated carbocycles. The molecule has 0 radical (unpaired) electrons. The SMILES string of the molecule is CC[C@H](C(=O)NC)N(Cc1ccc(F)cc1)C(=O)CN(c1cc(Cl)ccc1Cl)S(C)(=O)=O. The highest BCUT2D eigenvalue weighted by Gasteiger charge is 2.32. The zero-order valence-corrected chi connectivity index (χ0v) is 20.1. The molecule has 0 heterocycles. The van der Waals surface area contributed by atoms with Crippen LogP contribution in [0.1, 0.15) is 18.9 Å². The van der Waals surface area contributed by atoms with E-state index in [0.29, 0.717) is 5.56 Å². The molecule has 2 aromatic carbocycles. The van der Waals surface area contributed by atoms with Gasteiger partial charge in [0.2, 0.25) is 21.8 Å². The van der Waals surface area contributed by atoms with Crippen molar-refractivity contribution in [1.29, 1.82) is 0 Å². The summed E-state index contributed by atoms with van der Waals surface area (Å²) < 4.78 is 39.2. The van der Waals surface area contributed by atoms with Crippen molar-refractivity contribution < 1.29 is 22.4 Å². The van der Waals surface area contributed by atoms with Crippen LogP contribution in [-0.2, 0) is 26.2 Å². The number of sulfonamides is 1. The summed E-state index contributed by atoms with van der Waals surface area (Å²) in [6, 6.07) is 8.88. The first kappa shape index (κ1) is 25.9. The Kier molecular flexibility index (Phi) is 8.89. The number of benzene rings is 2. The van der Waals surface area contributed by atoms with Crippen molar-refractivity contribution >= 4 is 50.7 Å². The quantitative estimate of drug-likeness (QED) is 0.567. The van der Waals surface area contributed by atoms with E-state index in [4.69, 9.17) is 23.2 Å². The molecule has 0 bridgehead atoms. The molecule has 0 aliphatic carbocycles. The van der Waals surface area contributed by atoms with Gasteiger partial charge >= 0.3 is 0 Å². The average Bonchev–Trinajstić information content (AvgIpc) is 2.73. The van der Waals surface area contributed by atoms with Gasteiger partial charge in [-0.2, -0.15) is 0 Å². The Balaban J connectivity index is 2.46. The van der Waals surface area contributed by atoms with E-state index in [1.165, 1.54) is 54.4 Å². The van der Waals surface area contributed by atoms with E-state index >= 15 is 0 Å². The van der Waals surface area contributed by atoms with E-state index in [1.54, 1.807) is 6.92 Å². The molecule has 0 fully saturated rings. The summed E-state index contributed by atoms with van der Waals surface area (Å²) in [4.78, 5) is 27.1. The van der Waals surface area contributed by atoms with E-state index in [0.717, 1.165) is 10.6 Å². The third-order valence-corrected chi connectivity index (χ3v) is 6.44. The lowest BCUT2D eigenvalue weighted by Gasteiger charge is -2.32. The van der Waals surface area contributed by atoms with Gasteiger partial charge in [0.1, 0.15) is 18.4 Å². The highest BCUT2D eigenvalue weighted by Crippen LogP contribution is 2.31. The summed E-state index contributed by atoms with van der Waals surface area (Å²) in [5, 5.41) is 2.85. The minimum Gasteiger partial charge on any atom is -0.357 e. The van der Waals surface area contributed by atoms with Crippen LogP contribution in [0.15, 0.2) is 42.5 Å². The molecule has 1 N–H and O–H groups in total. The highest BCUT2D eigenvalue weighted by atomic mass is 35.5. The van der Waals surface area contributed by atoms with Gasteiger partial charge in [0.05, 0.1) is 17.0 Å². The molecular weight excluding hydrogens is 480 g/mol. The van der Waals surface area contributed by atoms with Gasteiger partial charge in [0.15, 0.2) is 0 Å². The van der Waals surface area contributed by atoms with Gasteiger partial charge in [-0.05, 0) is 42.3 Å². The number of likely N-dealkylation sites (N-methyl/N-ethyl adjacent to an activating group) is 1. The predicted octanol–water partition coefficient (Wildman–Crippen LogP) is 3.45. The minimum atomic E-state index is -3.93. The van der Waals surface area contributed by atoms with E-state index in [2.05, 4.69) is 5.32 Å². The van der Waals surface area contributed by atoms with Gasteiger partial charge in [-0.3, -0.25) is 13.9 Å². The van der Waals surface area contributed by atoms with Crippen molar-refractivity contribution in [3.8, 4) is 0 Å². The number of carbonyl (C=O) groups is 2. The monoisotopic (exact) mass is 503 g/mol. The first-order valence-electron chi connectivity index (χ1n) is 9.66. The van der Waals surface area contributed by atoms with Crippen LogP contribution >= 0.6 is 23.2 Å². The van der Waals surface area contributed by atoms with Crippen LogP contribution in [-0.4, -0.2) is 51.0 Å². The van der Waals surface area contributed by atoms with E-state index in [9.17, 15) is 22.4 Å². The summed E-state index contributed by atoms with van der Waals surface area (Å²) in [7, 11) is -2.49. The minimum absolute atomic E-state index is 0.0219. The normalized spacial score (nSPS) is 12.2. The number of hydrogen-bond acceptors (Lipinski definition) is 4. The number of halogens is 3. The lowest BCUT2D eigenvalue weighted by atomic mass is 10.1. The number of rotatable bonds is 9. The van der Waals surface area contributed by atoms with Crippen LogP contribution in [0.5, 0.6) is 0 Å². The maximum Gasteiger partial charge on any atom is 0.244 e. The zero-order chi connectivity index (χ0) is 24.1. The largest absolute Gasteiger partial charge is 0.357 e. The molecule has 2 amide bonds. The van der Waals surface area contributed by atoms with Gasteiger partial charge in [-0.25, -0.2) is 12.8 Å².